The first-order valence-electron chi connectivity index (χ1n) is 5.31. The van der Waals surface area contributed by atoms with Crippen LogP contribution >= 0.6 is 23.2 Å². The molecule has 3 N–H and O–H groups in total. The van der Waals surface area contributed by atoms with Crippen molar-refractivity contribution in [3.63, 3.8) is 0 Å². The highest BCUT2D eigenvalue weighted by atomic mass is 35.5. The lowest BCUT2D eigenvalue weighted by atomic mass is 10.0. The fraction of sp³-hybridized carbons (Fsp3) is 0.455. The number of nitrogens with two attached hydrogens (primary N) is 1. The van der Waals surface area contributed by atoms with E-state index in [4.69, 9.17) is 29.0 Å². The van der Waals surface area contributed by atoms with Crippen molar-refractivity contribution in [3.05, 3.63) is 33.8 Å². The second-order valence-corrected chi connectivity index (χ2v) is 4.74. The molecule has 0 saturated heterocycles. The highest BCUT2D eigenvalue weighted by Crippen LogP contribution is 2.30. The van der Waals surface area contributed by atoms with E-state index in [0.717, 1.165) is 0 Å². The highest BCUT2D eigenvalue weighted by Gasteiger charge is 2.27. The van der Waals surface area contributed by atoms with Crippen LogP contribution in [0.1, 0.15) is 30.9 Å². The molecule has 0 aromatic heterocycles. The number of nitrogens with one attached hydrogen (secondary N) is 1. The maximum absolute atomic E-state index is 12.0. The van der Waals surface area contributed by atoms with E-state index in [2.05, 4.69) is 5.43 Å². The molecule has 7 heteroatoms. The molecule has 0 aliphatic rings. The minimum Gasteiger partial charge on any atom is -0.271 e. The fourth-order valence-electron chi connectivity index (χ4n) is 1.62. The topological polar surface area (TPSA) is 38.0 Å². The quantitative estimate of drug-likeness (QED) is 0.631. The van der Waals surface area contributed by atoms with Gasteiger partial charge in [0.05, 0.1) is 0 Å². The third-order valence-electron chi connectivity index (χ3n) is 2.49. The summed E-state index contributed by atoms with van der Waals surface area (Å²) >= 11 is 11.7. The van der Waals surface area contributed by atoms with Gasteiger partial charge in [-0.1, -0.05) is 29.3 Å². The summed E-state index contributed by atoms with van der Waals surface area (Å²) in [6.45, 7) is 0. The van der Waals surface area contributed by atoms with Gasteiger partial charge in [-0.25, -0.2) is 0 Å². The van der Waals surface area contributed by atoms with E-state index in [1.807, 2.05) is 0 Å². The Bertz CT molecular complexity index is 396. The van der Waals surface area contributed by atoms with Gasteiger partial charge in [-0.15, -0.1) is 0 Å². The van der Waals surface area contributed by atoms with Crippen LogP contribution in [0.3, 0.4) is 0 Å². The standard InChI is InChI=1S/C11H13Cl2F3N2/c12-7-3-4-8(9(13)6-7)10(18-17)2-1-5-11(14,15)16/h3-4,6,10,18H,1-2,5,17H2. The maximum atomic E-state index is 12.0. The Hall–Kier alpha value is -0.490. The van der Waals surface area contributed by atoms with E-state index in [9.17, 15) is 13.2 Å². The van der Waals surface area contributed by atoms with Crippen molar-refractivity contribution < 1.29 is 13.2 Å². The van der Waals surface area contributed by atoms with Gasteiger partial charge < -0.3 is 0 Å². The lowest BCUT2D eigenvalue weighted by molar-refractivity contribution is -0.135. The van der Waals surface area contributed by atoms with Gasteiger partial charge in [0.1, 0.15) is 0 Å². The SMILES string of the molecule is NNC(CCCC(F)(F)F)c1ccc(Cl)cc1Cl. The maximum Gasteiger partial charge on any atom is 0.389 e. The molecule has 1 aromatic rings. The van der Waals surface area contributed by atoms with Crippen molar-refractivity contribution in [1.82, 2.24) is 5.43 Å². The molecule has 0 radical (unpaired) electrons. The lowest BCUT2D eigenvalue weighted by Crippen LogP contribution is -2.28. The summed E-state index contributed by atoms with van der Waals surface area (Å²) < 4.78 is 36.1. The largest absolute Gasteiger partial charge is 0.389 e. The molecule has 0 bridgehead atoms. The lowest BCUT2D eigenvalue weighted by Gasteiger charge is -2.18. The van der Waals surface area contributed by atoms with Crippen LogP contribution in [-0.4, -0.2) is 6.18 Å². The predicted molar refractivity (Wildman–Crippen MR) is 66.4 cm³/mol. The summed E-state index contributed by atoms with van der Waals surface area (Å²) in [6.07, 6.45) is -4.76. The van der Waals surface area contributed by atoms with E-state index in [-0.39, 0.29) is 12.8 Å². The third kappa shape index (κ3) is 5.02. The number of rotatable bonds is 5. The van der Waals surface area contributed by atoms with Crippen molar-refractivity contribution in [1.29, 1.82) is 0 Å². The smallest absolute Gasteiger partial charge is 0.271 e. The Labute approximate surface area is 113 Å². The van der Waals surface area contributed by atoms with Crippen LogP contribution in [0.5, 0.6) is 0 Å². The molecular weight excluding hydrogens is 288 g/mol. The Balaban J connectivity index is 2.66. The van der Waals surface area contributed by atoms with E-state index in [0.29, 0.717) is 15.6 Å². The summed E-state index contributed by atoms with van der Waals surface area (Å²) in [5.41, 5.74) is 3.11. The average Bonchev–Trinajstić information content (AvgIpc) is 2.24. The van der Waals surface area contributed by atoms with Gasteiger partial charge in [0.2, 0.25) is 0 Å². The molecule has 102 valence electrons. The molecule has 0 fully saturated rings. The number of alkyl halides is 3. The number of hydrazine groups is 1. The first-order valence-corrected chi connectivity index (χ1v) is 6.07. The number of halogens is 5. The van der Waals surface area contributed by atoms with Gasteiger partial charge in [0.25, 0.3) is 0 Å². The van der Waals surface area contributed by atoms with E-state index >= 15 is 0 Å². The molecule has 0 saturated carbocycles. The zero-order valence-electron chi connectivity index (χ0n) is 9.40. The molecule has 0 amide bonds. The van der Waals surface area contributed by atoms with Crippen LogP contribution in [-0.2, 0) is 0 Å². The Morgan fingerprint density at radius 3 is 2.44 bits per heavy atom. The zero-order valence-corrected chi connectivity index (χ0v) is 10.9. The van der Waals surface area contributed by atoms with Crippen molar-refractivity contribution >= 4 is 23.2 Å². The Morgan fingerprint density at radius 1 is 1.28 bits per heavy atom. The van der Waals surface area contributed by atoms with Crippen LogP contribution in [0.4, 0.5) is 13.2 Å². The number of benzene rings is 1. The second kappa shape index (κ2) is 6.61. The molecule has 18 heavy (non-hydrogen) atoms. The zero-order chi connectivity index (χ0) is 13.8. The molecule has 1 rings (SSSR count). The molecular formula is C11H13Cl2F3N2. The Kier molecular flexibility index (Phi) is 5.72. The summed E-state index contributed by atoms with van der Waals surface area (Å²) in [5, 5.41) is 0.854. The summed E-state index contributed by atoms with van der Waals surface area (Å²) in [4.78, 5) is 0. The molecule has 0 heterocycles. The molecule has 1 aromatic carbocycles. The Morgan fingerprint density at radius 2 is 1.94 bits per heavy atom. The van der Waals surface area contributed by atoms with Crippen molar-refractivity contribution in [3.8, 4) is 0 Å². The van der Waals surface area contributed by atoms with Crippen LogP contribution in [0.15, 0.2) is 18.2 Å². The molecule has 0 aliphatic heterocycles. The van der Waals surface area contributed by atoms with Gasteiger partial charge in [-0.05, 0) is 30.5 Å². The predicted octanol–water partition coefficient (Wildman–Crippen LogP) is 4.23. The van der Waals surface area contributed by atoms with E-state index in [1.54, 1.807) is 12.1 Å². The van der Waals surface area contributed by atoms with Crippen molar-refractivity contribution in [2.24, 2.45) is 5.84 Å². The molecule has 1 unspecified atom stereocenters. The van der Waals surface area contributed by atoms with E-state index in [1.165, 1.54) is 6.07 Å². The van der Waals surface area contributed by atoms with Gasteiger partial charge in [-0.3, -0.25) is 11.3 Å². The number of hydrogen-bond donors (Lipinski definition) is 2. The van der Waals surface area contributed by atoms with Crippen molar-refractivity contribution in [2.45, 2.75) is 31.5 Å². The van der Waals surface area contributed by atoms with Crippen LogP contribution in [0.2, 0.25) is 10.0 Å². The summed E-state index contributed by atoms with van der Waals surface area (Å²) in [6, 6.07) is 4.39. The first-order chi connectivity index (χ1) is 8.33. The van der Waals surface area contributed by atoms with Crippen molar-refractivity contribution in [2.75, 3.05) is 0 Å². The van der Waals surface area contributed by atoms with Gasteiger partial charge in [-0.2, -0.15) is 13.2 Å². The highest BCUT2D eigenvalue weighted by molar-refractivity contribution is 6.35. The first kappa shape index (κ1) is 15.6. The van der Waals surface area contributed by atoms with Crippen LogP contribution in [0, 0.1) is 0 Å². The summed E-state index contributed by atoms with van der Waals surface area (Å²) in [5.74, 6) is 5.34. The van der Waals surface area contributed by atoms with Gasteiger partial charge >= 0.3 is 6.18 Å². The van der Waals surface area contributed by atoms with Crippen LogP contribution < -0.4 is 11.3 Å². The van der Waals surface area contributed by atoms with Gasteiger partial charge in [0, 0.05) is 22.5 Å². The van der Waals surface area contributed by atoms with E-state index < -0.39 is 18.6 Å². The molecule has 0 aliphatic carbocycles. The number of hydrogen-bond acceptors (Lipinski definition) is 2. The van der Waals surface area contributed by atoms with Crippen LogP contribution in [0.25, 0.3) is 0 Å². The summed E-state index contributed by atoms with van der Waals surface area (Å²) in [7, 11) is 0. The monoisotopic (exact) mass is 300 g/mol. The molecule has 2 nitrogen and oxygen atoms in total. The minimum atomic E-state index is -4.15. The molecule has 0 spiro atoms. The second-order valence-electron chi connectivity index (χ2n) is 3.89. The average molecular weight is 301 g/mol. The fourth-order valence-corrected chi connectivity index (χ4v) is 2.16. The van der Waals surface area contributed by atoms with Gasteiger partial charge in [0.15, 0.2) is 0 Å². The third-order valence-corrected chi connectivity index (χ3v) is 3.05. The normalized spacial score (nSPS) is 13.7. The molecule has 1 atom stereocenters. The minimum absolute atomic E-state index is 0.0165.